The first kappa shape index (κ1) is 26.4. The fourth-order valence-corrected chi connectivity index (χ4v) is 5.12. The van der Waals surface area contributed by atoms with E-state index in [0.717, 1.165) is 38.5 Å². The molecule has 1 aliphatic rings. The molecule has 0 bridgehead atoms. The van der Waals surface area contributed by atoms with Crippen molar-refractivity contribution >= 4 is 0 Å². The Bertz CT molecular complexity index is 1160. The summed E-state index contributed by atoms with van der Waals surface area (Å²) in [7, 11) is 0. The molecule has 0 amide bonds. The first-order valence-corrected chi connectivity index (χ1v) is 13.1. The molecule has 0 N–H and O–H groups in total. The highest BCUT2D eigenvalue weighted by Crippen LogP contribution is 2.37. The molecule has 4 rings (SSSR count). The predicted molar refractivity (Wildman–Crippen MR) is 137 cm³/mol. The minimum absolute atomic E-state index is 0.125. The van der Waals surface area contributed by atoms with Crippen LogP contribution in [0.25, 0.3) is 22.3 Å². The fourth-order valence-electron chi connectivity index (χ4n) is 5.12. The maximum absolute atomic E-state index is 15.1. The number of rotatable bonds is 9. The van der Waals surface area contributed by atoms with Crippen molar-refractivity contribution in [2.45, 2.75) is 71.3 Å². The lowest BCUT2D eigenvalue weighted by atomic mass is 9.90. The Morgan fingerprint density at radius 2 is 1.33 bits per heavy atom. The van der Waals surface area contributed by atoms with Crippen LogP contribution in [-0.4, -0.2) is 6.61 Å². The lowest BCUT2D eigenvalue weighted by Crippen LogP contribution is -2.21. The van der Waals surface area contributed by atoms with Crippen LogP contribution in [0.15, 0.2) is 48.5 Å². The molecule has 3 aromatic carbocycles. The zero-order chi connectivity index (χ0) is 25.7. The highest BCUT2D eigenvalue weighted by molar-refractivity contribution is 5.71. The third-order valence-electron chi connectivity index (χ3n) is 7.25. The van der Waals surface area contributed by atoms with E-state index >= 15 is 8.78 Å². The van der Waals surface area contributed by atoms with Gasteiger partial charge in [0, 0.05) is 16.7 Å². The quantitative estimate of drug-likeness (QED) is 0.211. The highest BCUT2D eigenvalue weighted by Gasteiger charge is 2.27. The van der Waals surface area contributed by atoms with Crippen LogP contribution in [0.4, 0.5) is 17.6 Å². The van der Waals surface area contributed by atoms with Gasteiger partial charge in [0.15, 0.2) is 23.3 Å². The molecule has 0 saturated carbocycles. The van der Waals surface area contributed by atoms with Crippen LogP contribution in [-0.2, 0) is 11.2 Å². The molecule has 0 aromatic heterocycles. The Kier molecular flexibility index (Phi) is 8.84. The van der Waals surface area contributed by atoms with Gasteiger partial charge in [-0.25, -0.2) is 17.6 Å². The lowest BCUT2D eigenvalue weighted by molar-refractivity contribution is -0.0214. The van der Waals surface area contributed by atoms with Gasteiger partial charge in [-0.2, -0.15) is 0 Å². The Labute approximate surface area is 211 Å². The minimum Gasteiger partial charge on any atom is -0.373 e. The highest BCUT2D eigenvalue weighted by atomic mass is 19.2. The van der Waals surface area contributed by atoms with Crippen molar-refractivity contribution in [3.05, 3.63) is 82.9 Å². The predicted octanol–water partition coefficient (Wildman–Crippen LogP) is 9.58. The van der Waals surface area contributed by atoms with Crippen molar-refractivity contribution in [2.75, 3.05) is 6.61 Å². The number of unbranched alkanes of at least 4 members (excludes halogenated alkanes) is 2. The molecular formula is C31H34F4O. The fraction of sp³-hybridized carbons (Fsp3) is 0.419. The van der Waals surface area contributed by atoms with E-state index in [9.17, 15) is 8.78 Å². The molecule has 1 nitrogen and oxygen atoms in total. The summed E-state index contributed by atoms with van der Waals surface area (Å²) in [5.74, 6) is -3.03. The van der Waals surface area contributed by atoms with E-state index in [0.29, 0.717) is 42.1 Å². The van der Waals surface area contributed by atoms with Gasteiger partial charge >= 0.3 is 0 Å². The molecule has 2 atom stereocenters. The Hall–Kier alpha value is -2.66. The molecule has 5 heteroatoms. The normalized spacial score (nSPS) is 17.9. The number of halogens is 4. The second kappa shape index (κ2) is 12.1. The van der Waals surface area contributed by atoms with Crippen molar-refractivity contribution in [1.29, 1.82) is 0 Å². The standard InChI is InChI=1S/C31H34F4O/c1-3-5-6-8-23-14-15-24(29(33)28(23)32)21-10-12-22(13-11-21)25-16-17-26(31(35)30(25)34)27-18-9-20(7-4-2)19-36-27/h10-17,20,27H,3-9,18-19H2,1-2H3. The summed E-state index contributed by atoms with van der Waals surface area (Å²) >= 11 is 0. The van der Waals surface area contributed by atoms with Crippen molar-refractivity contribution in [1.82, 2.24) is 0 Å². The van der Waals surface area contributed by atoms with Crippen LogP contribution in [0.5, 0.6) is 0 Å². The lowest BCUT2D eigenvalue weighted by Gasteiger charge is -2.29. The van der Waals surface area contributed by atoms with Crippen molar-refractivity contribution < 1.29 is 22.3 Å². The van der Waals surface area contributed by atoms with E-state index in [1.807, 2.05) is 0 Å². The van der Waals surface area contributed by atoms with Gasteiger partial charge in [0.1, 0.15) is 0 Å². The molecule has 192 valence electrons. The van der Waals surface area contributed by atoms with Gasteiger partial charge in [-0.1, -0.05) is 81.6 Å². The second-order valence-electron chi connectivity index (χ2n) is 9.82. The smallest absolute Gasteiger partial charge is 0.167 e. The van der Waals surface area contributed by atoms with E-state index in [2.05, 4.69) is 13.8 Å². The zero-order valence-electron chi connectivity index (χ0n) is 21.1. The first-order chi connectivity index (χ1) is 17.4. The van der Waals surface area contributed by atoms with Crippen molar-refractivity contribution in [2.24, 2.45) is 5.92 Å². The monoisotopic (exact) mass is 498 g/mol. The molecule has 1 heterocycles. The van der Waals surface area contributed by atoms with Crippen LogP contribution in [0.3, 0.4) is 0 Å². The summed E-state index contributed by atoms with van der Waals surface area (Å²) in [4.78, 5) is 0. The molecule has 0 radical (unpaired) electrons. The minimum atomic E-state index is -0.923. The van der Waals surface area contributed by atoms with Crippen molar-refractivity contribution in [3.63, 3.8) is 0 Å². The molecular weight excluding hydrogens is 464 g/mol. The largest absolute Gasteiger partial charge is 0.373 e. The maximum atomic E-state index is 15.1. The van der Waals surface area contributed by atoms with Gasteiger partial charge in [-0.05, 0) is 54.7 Å². The van der Waals surface area contributed by atoms with Gasteiger partial charge in [-0.3, -0.25) is 0 Å². The van der Waals surface area contributed by atoms with E-state index in [4.69, 9.17) is 4.74 Å². The van der Waals surface area contributed by atoms with Gasteiger partial charge in [0.05, 0.1) is 12.7 Å². The molecule has 1 saturated heterocycles. The number of hydrogen-bond acceptors (Lipinski definition) is 1. The molecule has 36 heavy (non-hydrogen) atoms. The summed E-state index contributed by atoms with van der Waals surface area (Å²) in [6.07, 6.45) is 6.64. The van der Waals surface area contributed by atoms with Crippen LogP contribution >= 0.6 is 0 Å². The van der Waals surface area contributed by atoms with Gasteiger partial charge in [0.2, 0.25) is 0 Å². The Morgan fingerprint density at radius 1 is 0.694 bits per heavy atom. The Balaban J connectivity index is 1.52. The number of ether oxygens (including phenoxy) is 1. The summed E-state index contributed by atoms with van der Waals surface area (Å²) in [5.41, 5.74) is 1.84. The molecule has 1 aliphatic heterocycles. The van der Waals surface area contributed by atoms with Gasteiger partial charge in [0.25, 0.3) is 0 Å². The average Bonchev–Trinajstić information content (AvgIpc) is 2.89. The van der Waals surface area contributed by atoms with Crippen LogP contribution in [0.2, 0.25) is 0 Å². The first-order valence-electron chi connectivity index (χ1n) is 13.1. The molecule has 3 aromatic rings. The van der Waals surface area contributed by atoms with Crippen LogP contribution in [0, 0.1) is 29.2 Å². The van der Waals surface area contributed by atoms with E-state index in [1.54, 1.807) is 48.5 Å². The van der Waals surface area contributed by atoms with Gasteiger partial charge < -0.3 is 4.74 Å². The van der Waals surface area contributed by atoms with E-state index in [-0.39, 0.29) is 16.7 Å². The Morgan fingerprint density at radius 3 is 1.92 bits per heavy atom. The summed E-state index contributed by atoms with van der Waals surface area (Å²) < 4.78 is 65.3. The van der Waals surface area contributed by atoms with E-state index < -0.39 is 29.4 Å². The molecule has 0 aliphatic carbocycles. The second-order valence-corrected chi connectivity index (χ2v) is 9.82. The van der Waals surface area contributed by atoms with E-state index in [1.165, 1.54) is 0 Å². The number of aryl methyl sites for hydroxylation is 1. The third kappa shape index (κ3) is 5.67. The maximum Gasteiger partial charge on any atom is 0.167 e. The van der Waals surface area contributed by atoms with Crippen molar-refractivity contribution in [3.8, 4) is 22.3 Å². The topological polar surface area (TPSA) is 9.23 Å². The van der Waals surface area contributed by atoms with Gasteiger partial charge in [-0.15, -0.1) is 0 Å². The molecule has 1 fully saturated rings. The molecule has 2 unspecified atom stereocenters. The third-order valence-corrected chi connectivity index (χ3v) is 7.25. The average molecular weight is 499 g/mol. The SMILES string of the molecule is CCCCCc1ccc(-c2ccc(-c3ccc(C4CCC(CCC)CO4)c(F)c3F)cc2)c(F)c1F. The van der Waals surface area contributed by atoms with Crippen LogP contribution < -0.4 is 0 Å². The molecule has 0 spiro atoms. The summed E-state index contributed by atoms with van der Waals surface area (Å²) in [5, 5.41) is 0. The zero-order valence-corrected chi connectivity index (χ0v) is 21.1. The summed E-state index contributed by atoms with van der Waals surface area (Å²) in [6.45, 7) is 4.76. The number of hydrogen-bond donors (Lipinski definition) is 0. The number of benzene rings is 3. The summed E-state index contributed by atoms with van der Waals surface area (Å²) in [6, 6.07) is 12.8. The van der Waals surface area contributed by atoms with Crippen LogP contribution in [0.1, 0.15) is 76.0 Å².